The summed E-state index contributed by atoms with van der Waals surface area (Å²) in [5.74, 6) is -0.373. The first-order valence-electron chi connectivity index (χ1n) is 22.9. The topological polar surface area (TPSA) is 115 Å². The van der Waals surface area contributed by atoms with Crippen LogP contribution in [0.25, 0.3) is 0 Å². The minimum atomic E-state index is -0.132. The van der Waals surface area contributed by atoms with Crippen LogP contribution in [0, 0.1) is 0 Å². The molecular formula is C48H83N3O6. The van der Waals surface area contributed by atoms with Crippen molar-refractivity contribution in [2.75, 3.05) is 39.5 Å². The molecule has 3 unspecified atom stereocenters. The zero-order chi connectivity index (χ0) is 41.3. The van der Waals surface area contributed by atoms with Crippen LogP contribution >= 0.6 is 0 Å². The average Bonchev–Trinajstić information content (AvgIpc) is 3.20. The Kier molecular flexibility index (Phi) is 36.3. The average molecular weight is 798 g/mol. The molecule has 1 aliphatic rings. The van der Waals surface area contributed by atoms with Crippen molar-refractivity contribution in [2.24, 2.45) is 0 Å². The monoisotopic (exact) mass is 798 g/mol. The van der Waals surface area contributed by atoms with Gasteiger partial charge in [0, 0.05) is 57.0 Å². The highest BCUT2D eigenvalue weighted by Gasteiger charge is 2.10. The molecule has 0 saturated heterocycles. The molecule has 57 heavy (non-hydrogen) atoms. The van der Waals surface area contributed by atoms with Crippen LogP contribution in [0.2, 0.25) is 0 Å². The van der Waals surface area contributed by atoms with E-state index in [2.05, 4.69) is 97.5 Å². The van der Waals surface area contributed by atoms with E-state index in [-0.39, 0.29) is 17.9 Å². The second-order valence-electron chi connectivity index (χ2n) is 15.2. The number of hydrogen-bond donors (Lipinski definition) is 3. The highest BCUT2D eigenvalue weighted by Crippen LogP contribution is 2.11. The van der Waals surface area contributed by atoms with Gasteiger partial charge in [-0.1, -0.05) is 107 Å². The van der Waals surface area contributed by atoms with Crippen LogP contribution in [0.1, 0.15) is 168 Å². The summed E-state index contributed by atoms with van der Waals surface area (Å²) in [5.41, 5.74) is 0. The largest absolute Gasteiger partial charge is 0.464 e. The van der Waals surface area contributed by atoms with E-state index in [9.17, 15) is 14.4 Å². The van der Waals surface area contributed by atoms with Crippen LogP contribution in [0.15, 0.2) is 60.8 Å². The number of cyclic esters (lactones) is 3. The van der Waals surface area contributed by atoms with Gasteiger partial charge < -0.3 is 30.2 Å². The number of rotatable bonds is 6. The van der Waals surface area contributed by atoms with Gasteiger partial charge in [0.15, 0.2) is 0 Å². The molecule has 326 valence electrons. The number of ether oxygens (including phenoxy) is 3. The molecular weight excluding hydrogens is 715 g/mol. The van der Waals surface area contributed by atoms with Gasteiger partial charge >= 0.3 is 17.9 Å². The predicted molar refractivity (Wildman–Crippen MR) is 237 cm³/mol. The first kappa shape index (κ1) is 52.0. The van der Waals surface area contributed by atoms with Crippen molar-refractivity contribution in [3.8, 4) is 0 Å². The smallest absolute Gasteiger partial charge is 0.305 e. The number of allylic oxidation sites excluding steroid dienone is 8. The molecule has 3 atom stereocenters. The minimum absolute atomic E-state index is 0.120. The summed E-state index contributed by atoms with van der Waals surface area (Å²) in [4.78, 5) is 36.7. The Balaban J connectivity index is 2.56. The van der Waals surface area contributed by atoms with Gasteiger partial charge in [-0.25, -0.2) is 0 Å². The Morgan fingerprint density at radius 2 is 0.807 bits per heavy atom. The zero-order valence-electron chi connectivity index (χ0n) is 36.5. The number of esters is 3. The van der Waals surface area contributed by atoms with Gasteiger partial charge in [0.05, 0.1) is 0 Å². The molecule has 1 heterocycles. The van der Waals surface area contributed by atoms with Crippen molar-refractivity contribution in [1.29, 1.82) is 0 Å². The molecule has 0 aromatic carbocycles. The first-order chi connectivity index (χ1) is 28.0. The van der Waals surface area contributed by atoms with E-state index in [1.165, 1.54) is 0 Å². The lowest BCUT2D eigenvalue weighted by Crippen LogP contribution is -2.32. The molecule has 0 aromatic heterocycles. The standard InChI is InChI=1S/C48H83N3O6/c1-4-28-43-31-22-16-10-7-13-19-26-35-47(53)56-41-38-50-45(30-6-3)33-24-18-12-9-15-21-27-36-48(54)57-42-39-51-44(29-5-2)32-23-17-11-8-14-20-25-34-46(52)55-40-37-49-43/h7-9,13-17,22-23,43-45,49-51H,4-6,10-12,18-21,24-42H2,1-3H3/b13-7+,14-8-,15-9+,22-16+,23-17+. The summed E-state index contributed by atoms with van der Waals surface area (Å²) in [7, 11) is 0. The molecule has 9 heteroatoms. The number of carbonyl (C=O) groups excluding carboxylic acids is 3. The lowest BCUT2D eigenvalue weighted by molar-refractivity contribution is -0.144. The van der Waals surface area contributed by atoms with E-state index in [1.807, 2.05) is 0 Å². The Hall–Kier alpha value is -3.01. The van der Waals surface area contributed by atoms with E-state index in [4.69, 9.17) is 14.2 Å². The fourth-order valence-electron chi connectivity index (χ4n) is 6.78. The summed E-state index contributed by atoms with van der Waals surface area (Å²) in [6, 6.07) is 1.19. The summed E-state index contributed by atoms with van der Waals surface area (Å²) >= 11 is 0. The maximum atomic E-state index is 12.2. The third-order valence-electron chi connectivity index (χ3n) is 9.95. The van der Waals surface area contributed by atoms with Gasteiger partial charge in [-0.15, -0.1) is 0 Å². The van der Waals surface area contributed by atoms with E-state index in [0.717, 1.165) is 128 Å². The Labute approximate surface area is 348 Å². The second-order valence-corrected chi connectivity index (χ2v) is 15.2. The number of nitrogens with one attached hydrogen (secondary N) is 3. The van der Waals surface area contributed by atoms with Crippen molar-refractivity contribution in [1.82, 2.24) is 16.0 Å². The maximum Gasteiger partial charge on any atom is 0.305 e. The molecule has 0 fully saturated rings. The summed E-state index contributed by atoms with van der Waals surface area (Å²) in [5, 5.41) is 10.7. The Bertz CT molecular complexity index is 1130. The van der Waals surface area contributed by atoms with E-state index >= 15 is 0 Å². The van der Waals surface area contributed by atoms with E-state index in [1.54, 1.807) is 0 Å². The molecule has 0 saturated carbocycles. The third-order valence-corrected chi connectivity index (χ3v) is 9.95. The van der Waals surface area contributed by atoms with Crippen LogP contribution in [0.3, 0.4) is 0 Å². The predicted octanol–water partition coefficient (Wildman–Crippen LogP) is 10.3. The summed E-state index contributed by atoms with van der Waals surface area (Å²) in [6.07, 6.45) is 43.0. The van der Waals surface area contributed by atoms with E-state index in [0.29, 0.717) is 76.8 Å². The summed E-state index contributed by atoms with van der Waals surface area (Å²) in [6.45, 7) is 9.84. The maximum absolute atomic E-state index is 12.2. The van der Waals surface area contributed by atoms with Gasteiger partial charge in [-0.3, -0.25) is 14.4 Å². The van der Waals surface area contributed by atoms with Crippen LogP contribution < -0.4 is 16.0 Å². The van der Waals surface area contributed by atoms with Crippen LogP contribution in [-0.2, 0) is 28.6 Å². The van der Waals surface area contributed by atoms with Crippen molar-refractivity contribution in [3.63, 3.8) is 0 Å². The first-order valence-corrected chi connectivity index (χ1v) is 22.9. The third kappa shape index (κ3) is 34.7. The van der Waals surface area contributed by atoms with Crippen LogP contribution in [0.4, 0.5) is 0 Å². The normalized spacial score (nSPS) is 26.5. The molecule has 0 aromatic rings. The van der Waals surface area contributed by atoms with Gasteiger partial charge in [0.25, 0.3) is 0 Å². The van der Waals surface area contributed by atoms with E-state index < -0.39 is 0 Å². The molecule has 0 radical (unpaired) electrons. The number of hydrogen-bond acceptors (Lipinski definition) is 9. The van der Waals surface area contributed by atoms with Crippen LogP contribution in [-0.4, -0.2) is 75.5 Å². The molecule has 0 spiro atoms. The quantitative estimate of drug-likeness (QED) is 0.137. The molecule has 0 amide bonds. The second kappa shape index (κ2) is 39.8. The number of carbonyl (C=O) groups is 3. The molecule has 0 bridgehead atoms. The Morgan fingerprint density at radius 3 is 1.23 bits per heavy atom. The fourth-order valence-corrected chi connectivity index (χ4v) is 6.78. The van der Waals surface area contributed by atoms with Crippen molar-refractivity contribution in [2.45, 2.75) is 187 Å². The SMILES string of the molecule is CCCC1C/C=C/C/C=C/CCCC(=O)OCCNC(CCC)CCCC/C=C/CCCC(=O)OCCNC(CCC)C/C=C/C/C=C\CCCC(=O)OCCN1. The van der Waals surface area contributed by atoms with Crippen molar-refractivity contribution >= 4 is 17.9 Å². The van der Waals surface area contributed by atoms with Gasteiger partial charge in [0.2, 0.25) is 0 Å². The van der Waals surface area contributed by atoms with Crippen LogP contribution in [0.5, 0.6) is 0 Å². The molecule has 0 aliphatic carbocycles. The molecule has 3 N–H and O–H groups in total. The highest BCUT2D eigenvalue weighted by molar-refractivity contribution is 5.70. The van der Waals surface area contributed by atoms with Gasteiger partial charge in [-0.05, 0) is 103 Å². The van der Waals surface area contributed by atoms with Gasteiger partial charge in [0.1, 0.15) is 19.8 Å². The zero-order valence-corrected chi connectivity index (χ0v) is 36.5. The molecule has 1 rings (SSSR count). The molecule has 9 nitrogen and oxygen atoms in total. The Morgan fingerprint density at radius 1 is 0.456 bits per heavy atom. The summed E-state index contributed by atoms with van der Waals surface area (Å²) < 4.78 is 16.4. The van der Waals surface area contributed by atoms with Gasteiger partial charge in [-0.2, -0.15) is 0 Å². The van der Waals surface area contributed by atoms with Crippen molar-refractivity contribution in [3.05, 3.63) is 60.8 Å². The lowest BCUT2D eigenvalue weighted by Gasteiger charge is -2.18. The highest BCUT2D eigenvalue weighted by atomic mass is 16.5. The molecule has 1 aliphatic heterocycles. The fraction of sp³-hybridized carbons (Fsp3) is 0.729. The lowest BCUT2D eigenvalue weighted by atomic mass is 10.0. The van der Waals surface area contributed by atoms with Crippen molar-refractivity contribution < 1.29 is 28.6 Å². The minimum Gasteiger partial charge on any atom is -0.464 e.